The highest BCUT2D eigenvalue weighted by Crippen LogP contribution is 2.24. The summed E-state index contributed by atoms with van der Waals surface area (Å²) in [4.78, 5) is 29.4. The number of fused-ring (bicyclic) bond motifs is 1. The minimum Gasteiger partial charge on any atom is -0.350 e. The Hall–Kier alpha value is -4.53. The molecule has 0 unspecified atom stereocenters. The van der Waals surface area contributed by atoms with Gasteiger partial charge in [0, 0.05) is 26.0 Å². The number of hydrogen-bond donors (Lipinski definition) is 1. The van der Waals surface area contributed by atoms with Gasteiger partial charge in [0.2, 0.25) is 5.91 Å². The molecule has 1 amide bonds. The lowest BCUT2D eigenvalue weighted by atomic mass is 9.98. The molecule has 170 valence electrons. The minimum absolute atomic E-state index is 0.110. The normalized spacial score (nSPS) is 11.1. The zero-order valence-electron chi connectivity index (χ0n) is 18.6. The van der Waals surface area contributed by atoms with Crippen molar-refractivity contribution in [2.24, 2.45) is 7.05 Å². The minimum atomic E-state index is -0.288. The van der Waals surface area contributed by atoms with Gasteiger partial charge in [-0.05, 0) is 28.3 Å². The first-order valence-electron chi connectivity index (χ1n) is 10.9. The lowest BCUT2D eigenvalue weighted by molar-refractivity contribution is -0.121. The molecule has 3 heterocycles. The average molecular weight is 454 g/mol. The summed E-state index contributed by atoms with van der Waals surface area (Å²) in [6, 6.07) is 18.2. The molecule has 0 fully saturated rings. The summed E-state index contributed by atoms with van der Waals surface area (Å²) < 4.78 is 4.71. The standard InChI is InChI=1S/C25H23N7O2/c1-30-24-22(14-29-30)25(34)31(17-27-24)16-23(33)26-13-20-5-2-3-6-21(20)19-9-7-18(8-10-19)15-32-12-4-11-28-32/h2-12,14,17H,13,15-16H2,1H3,(H,26,33). The maximum absolute atomic E-state index is 12.6. The molecular formula is C25H23N7O2. The van der Waals surface area contributed by atoms with Crippen LogP contribution in [0.15, 0.2) is 84.3 Å². The molecule has 2 aromatic carbocycles. The molecule has 34 heavy (non-hydrogen) atoms. The molecule has 9 nitrogen and oxygen atoms in total. The predicted molar refractivity (Wildman–Crippen MR) is 128 cm³/mol. The predicted octanol–water partition coefficient (Wildman–Crippen LogP) is 2.36. The van der Waals surface area contributed by atoms with Crippen LogP contribution in [0.25, 0.3) is 22.2 Å². The number of carbonyl (C=O) groups is 1. The van der Waals surface area contributed by atoms with Crippen molar-refractivity contribution in [2.45, 2.75) is 19.6 Å². The van der Waals surface area contributed by atoms with Crippen LogP contribution in [0.2, 0.25) is 0 Å². The van der Waals surface area contributed by atoms with Crippen molar-refractivity contribution in [3.8, 4) is 11.1 Å². The molecule has 0 saturated carbocycles. The Bertz CT molecular complexity index is 1500. The lowest BCUT2D eigenvalue weighted by Crippen LogP contribution is -2.32. The monoisotopic (exact) mass is 453 g/mol. The summed E-state index contributed by atoms with van der Waals surface area (Å²) in [6.07, 6.45) is 6.55. The summed E-state index contributed by atoms with van der Waals surface area (Å²) in [7, 11) is 1.72. The third kappa shape index (κ3) is 4.36. The molecule has 5 rings (SSSR count). The van der Waals surface area contributed by atoms with Gasteiger partial charge in [0.15, 0.2) is 5.65 Å². The first kappa shape index (κ1) is 21.3. The molecular weight excluding hydrogens is 430 g/mol. The molecule has 0 aliphatic rings. The second-order valence-electron chi connectivity index (χ2n) is 8.02. The van der Waals surface area contributed by atoms with Crippen LogP contribution in [-0.2, 0) is 31.5 Å². The van der Waals surface area contributed by atoms with Gasteiger partial charge in [0.25, 0.3) is 5.56 Å². The molecule has 0 atom stereocenters. The van der Waals surface area contributed by atoms with Crippen LogP contribution >= 0.6 is 0 Å². The molecule has 3 aromatic heterocycles. The highest BCUT2D eigenvalue weighted by Gasteiger charge is 2.12. The number of aryl methyl sites for hydroxylation is 1. The van der Waals surface area contributed by atoms with E-state index in [0.717, 1.165) is 22.3 Å². The Labute approximate surface area is 195 Å². The Morgan fingerprint density at radius 2 is 1.85 bits per heavy atom. The smallest absolute Gasteiger partial charge is 0.264 e. The fraction of sp³-hybridized carbons (Fsp3) is 0.160. The van der Waals surface area contributed by atoms with Crippen LogP contribution in [-0.4, -0.2) is 35.0 Å². The fourth-order valence-electron chi connectivity index (χ4n) is 3.91. The molecule has 0 saturated heterocycles. The van der Waals surface area contributed by atoms with Crippen LogP contribution in [0, 0.1) is 0 Å². The lowest BCUT2D eigenvalue weighted by Gasteiger charge is -2.12. The fourth-order valence-corrected chi connectivity index (χ4v) is 3.91. The van der Waals surface area contributed by atoms with E-state index in [1.165, 1.54) is 21.8 Å². The molecule has 1 N–H and O–H groups in total. The number of amides is 1. The first-order valence-corrected chi connectivity index (χ1v) is 10.9. The maximum Gasteiger partial charge on any atom is 0.264 e. The molecule has 0 radical (unpaired) electrons. The maximum atomic E-state index is 12.6. The molecule has 0 bridgehead atoms. The molecule has 5 aromatic rings. The van der Waals surface area contributed by atoms with Crippen LogP contribution in [0.5, 0.6) is 0 Å². The van der Waals surface area contributed by atoms with Crippen molar-refractivity contribution < 1.29 is 4.79 Å². The van der Waals surface area contributed by atoms with Gasteiger partial charge in [-0.2, -0.15) is 10.2 Å². The van der Waals surface area contributed by atoms with Crippen LogP contribution < -0.4 is 10.9 Å². The second kappa shape index (κ2) is 9.14. The summed E-state index contributed by atoms with van der Waals surface area (Å²) >= 11 is 0. The molecule has 0 aliphatic carbocycles. The van der Waals surface area contributed by atoms with E-state index in [1.54, 1.807) is 13.2 Å². The van der Waals surface area contributed by atoms with E-state index in [-0.39, 0.29) is 18.0 Å². The summed E-state index contributed by atoms with van der Waals surface area (Å²) in [5, 5.41) is 11.6. The van der Waals surface area contributed by atoms with Crippen molar-refractivity contribution in [3.63, 3.8) is 0 Å². The van der Waals surface area contributed by atoms with Crippen molar-refractivity contribution >= 4 is 16.9 Å². The van der Waals surface area contributed by atoms with Crippen LogP contribution in [0.3, 0.4) is 0 Å². The highest BCUT2D eigenvalue weighted by atomic mass is 16.2. The van der Waals surface area contributed by atoms with Crippen molar-refractivity contribution in [1.82, 2.24) is 34.4 Å². The Kier molecular flexibility index (Phi) is 5.73. The van der Waals surface area contributed by atoms with E-state index in [4.69, 9.17) is 0 Å². The van der Waals surface area contributed by atoms with Gasteiger partial charge in [-0.15, -0.1) is 0 Å². The zero-order chi connectivity index (χ0) is 23.5. The quantitative estimate of drug-likeness (QED) is 0.408. The van der Waals surface area contributed by atoms with E-state index >= 15 is 0 Å². The van der Waals surface area contributed by atoms with E-state index in [1.807, 2.05) is 41.2 Å². The van der Waals surface area contributed by atoms with Crippen molar-refractivity contribution in [1.29, 1.82) is 0 Å². The van der Waals surface area contributed by atoms with E-state index in [2.05, 4.69) is 44.8 Å². The first-order chi connectivity index (χ1) is 16.6. The van der Waals surface area contributed by atoms with Gasteiger partial charge in [-0.3, -0.25) is 23.5 Å². The van der Waals surface area contributed by atoms with E-state index in [0.29, 0.717) is 24.1 Å². The Morgan fingerprint density at radius 1 is 1.03 bits per heavy atom. The number of hydrogen-bond acceptors (Lipinski definition) is 5. The topological polar surface area (TPSA) is 99.6 Å². The van der Waals surface area contributed by atoms with Gasteiger partial charge in [-0.25, -0.2) is 4.98 Å². The number of nitrogens with zero attached hydrogens (tertiary/aromatic N) is 6. The van der Waals surface area contributed by atoms with Gasteiger partial charge >= 0.3 is 0 Å². The number of rotatable bonds is 7. The van der Waals surface area contributed by atoms with Crippen LogP contribution in [0.4, 0.5) is 0 Å². The average Bonchev–Trinajstić information content (AvgIpc) is 3.50. The van der Waals surface area contributed by atoms with Crippen molar-refractivity contribution in [2.75, 3.05) is 0 Å². The second-order valence-corrected chi connectivity index (χ2v) is 8.02. The van der Waals surface area contributed by atoms with Gasteiger partial charge < -0.3 is 5.32 Å². The number of benzene rings is 2. The Morgan fingerprint density at radius 3 is 2.65 bits per heavy atom. The summed E-state index contributed by atoms with van der Waals surface area (Å²) in [5.41, 5.74) is 4.46. The third-order valence-corrected chi connectivity index (χ3v) is 5.69. The van der Waals surface area contributed by atoms with Gasteiger partial charge in [0.05, 0.1) is 12.7 Å². The molecule has 0 spiro atoms. The van der Waals surface area contributed by atoms with Gasteiger partial charge in [0.1, 0.15) is 18.3 Å². The molecule has 0 aliphatic heterocycles. The zero-order valence-corrected chi connectivity index (χ0v) is 18.6. The Balaban J connectivity index is 1.27. The largest absolute Gasteiger partial charge is 0.350 e. The van der Waals surface area contributed by atoms with E-state index < -0.39 is 0 Å². The van der Waals surface area contributed by atoms with Gasteiger partial charge in [-0.1, -0.05) is 48.5 Å². The number of carbonyl (C=O) groups excluding carboxylic acids is 1. The SMILES string of the molecule is Cn1ncc2c(=O)n(CC(=O)NCc3ccccc3-c3ccc(Cn4cccn4)cc3)cnc21. The summed E-state index contributed by atoms with van der Waals surface area (Å²) in [6.45, 7) is 0.951. The number of nitrogens with one attached hydrogen (secondary N) is 1. The third-order valence-electron chi connectivity index (χ3n) is 5.69. The van der Waals surface area contributed by atoms with Crippen LogP contribution in [0.1, 0.15) is 11.1 Å². The number of aromatic nitrogens is 6. The highest BCUT2D eigenvalue weighted by molar-refractivity contribution is 5.77. The molecule has 9 heteroatoms. The van der Waals surface area contributed by atoms with E-state index in [9.17, 15) is 9.59 Å². The van der Waals surface area contributed by atoms with Crippen molar-refractivity contribution in [3.05, 3.63) is 101 Å². The summed E-state index contributed by atoms with van der Waals surface area (Å²) in [5.74, 6) is -0.267.